The highest BCUT2D eigenvalue weighted by molar-refractivity contribution is 5.49. The molecule has 0 aliphatic rings. The van der Waals surface area contributed by atoms with Gasteiger partial charge in [0.15, 0.2) is 23.1 Å². The second-order valence-electron chi connectivity index (χ2n) is 3.46. The van der Waals surface area contributed by atoms with Crippen molar-refractivity contribution in [2.75, 3.05) is 20.8 Å². The van der Waals surface area contributed by atoms with Crippen LogP contribution in [0.15, 0.2) is 6.07 Å². The van der Waals surface area contributed by atoms with Gasteiger partial charge in [-0.25, -0.2) is 8.78 Å². The fourth-order valence-electron chi connectivity index (χ4n) is 1.53. The minimum absolute atomic E-state index is 0.113. The van der Waals surface area contributed by atoms with E-state index in [1.54, 1.807) is 6.92 Å². The normalized spacial score (nSPS) is 12.4. The Kier molecular flexibility index (Phi) is 4.06. The van der Waals surface area contributed by atoms with Gasteiger partial charge in [0.1, 0.15) is 0 Å². The highest BCUT2D eigenvalue weighted by Gasteiger charge is 2.23. The molecule has 5 heteroatoms. The molecule has 0 amide bonds. The van der Waals surface area contributed by atoms with E-state index in [4.69, 9.17) is 15.2 Å². The van der Waals surface area contributed by atoms with Crippen LogP contribution >= 0.6 is 0 Å². The van der Waals surface area contributed by atoms with Crippen molar-refractivity contribution in [3.8, 4) is 11.5 Å². The molecule has 0 aliphatic heterocycles. The number of hydrogen-bond donors (Lipinski definition) is 1. The SMILES string of the molecule is COc1cc(F)c(F)c(C(C)CN)c1OC. The second-order valence-corrected chi connectivity index (χ2v) is 3.46. The van der Waals surface area contributed by atoms with Crippen LogP contribution in [0.1, 0.15) is 18.4 Å². The van der Waals surface area contributed by atoms with Gasteiger partial charge in [-0.05, 0) is 6.54 Å². The van der Waals surface area contributed by atoms with Gasteiger partial charge >= 0.3 is 0 Å². The minimum atomic E-state index is -0.965. The summed E-state index contributed by atoms with van der Waals surface area (Å²) in [6.45, 7) is 1.89. The van der Waals surface area contributed by atoms with Crippen LogP contribution in [0.2, 0.25) is 0 Å². The maximum Gasteiger partial charge on any atom is 0.167 e. The van der Waals surface area contributed by atoms with E-state index in [1.165, 1.54) is 14.2 Å². The third-order valence-electron chi connectivity index (χ3n) is 2.44. The lowest BCUT2D eigenvalue weighted by molar-refractivity contribution is 0.339. The topological polar surface area (TPSA) is 44.5 Å². The highest BCUT2D eigenvalue weighted by Crippen LogP contribution is 2.38. The average molecular weight is 231 g/mol. The summed E-state index contributed by atoms with van der Waals surface area (Å²) in [5.74, 6) is -1.89. The van der Waals surface area contributed by atoms with E-state index >= 15 is 0 Å². The van der Waals surface area contributed by atoms with Gasteiger partial charge in [0.25, 0.3) is 0 Å². The monoisotopic (exact) mass is 231 g/mol. The number of ether oxygens (including phenoxy) is 2. The van der Waals surface area contributed by atoms with Gasteiger partial charge in [-0.3, -0.25) is 0 Å². The lowest BCUT2D eigenvalue weighted by Gasteiger charge is -2.17. The lowest BCUT2D eigenvalue weighted by atomic mass is 9.98. The van der Waals surface area contributed by atoms with Crippen molar-refractivity contribution >= 4 is 0 Å². The summed E-state index contributed by atoms with van der Waals surface area (Å²) in [6, 6.07) is 0.959. The molecule has 3 nitrogen and oxygen atoms in total. The summed E-state index contributed by atoms with van der Waals surface area (Å²) in [5.41, 5.74) is 5.57. The van der Waals surface area contributed by atoms with Crippen LogP contribution < -0.4 is 15.2 Å². The highest BCUT2D eigenvalue weighted by atomic mass is 19.2. The molecule has 0 heterocycles. The maximum absolute atomic E-state index is 13.6. The number of nitrogens with two attached hydrogens (primary N) is 1. The van der Waals surface area contributed by atoms with E-state index in [9.17, 15) is 8.78 Å². The zero-order valence-corrected chi connectivity index (χ0v) is 9.51. The minimum Gasteiger partial charge on any atom is -0.493 e. The van der Waals surface area contributed by atoms with Gasteiger partial charge in [-0.15, -0.1) is 0 Å². The van der Waals surface area contributed by atoms with Crippen molar-refractivity contribution < 1.29 is 18.3 Å². The number of rotatable bonds is 4. The van der Waals surface area contributed by atoms with Crippen molar-refractivity contribution in [2.45, 2.75) is 12.8 Å². The molecule has 1 rings (SSSR count). The fraction of sp³-hybridized carbons (Fsp3) is 0.455. The Bertz CT molecular complexity index is 383. The van der Waals surface area contributed by atoms with Crippen LogP contribution in [0.5, 0.6) is 11.5 Å². The summed E-state index contributed by atoms with van der Waals surface area (Å²) < 4.78 is 36.9. The van der Waals surface area contributed by atoms with Gasteiger partial charge in [0.2, 0.25) is 0 Å². The van der Waals surface area contributed by atoms with E-state index in [1.807, 2.05) is 0 Å². The molecule has 1 aromatic carbocycles. The molecule has 2 N–H and O–H groups in total. The molecule has 0 saturated heterocycles. The smallest absolute Gasteiger partial charge is 0.167 e. The van der Waals surface area contributed by atoms with E-state index < -0.39 is 11.6 Å². The van der Waals surface area contributed by atoms with Crippen molar-refractivity contribution in [3.05, 3.63) is 23.3 Å². The first-order valence-electron chi connectivity index (χ1n) is 4.86. The summed E-state index contributed by atoms with van der Waals surface area (Å²) in [4.78, 5) is 0. The molecule has 0 fully saturated rings. The van der Waals surface area contributed by atoms with Gasteiger partial charge in [0.05, 0.1) is 14.2 Å². The average Bonchev–Trinajstić information content (AvgIpc) is 2.30. The molecule has 1 unspecified atom stereocenters. The molecule has 1 atom stereocenters. The predicted molar refractivity (Wildman–Crippen MR) is 56.9 cm³/mol. The number of halogens is 2. The van der Waals surface area contributed by atoms with Crippen LogP contribution in [0.3, 0.4) is 0 Å². The van der Waals surface area contributed by atoms with Gasteiger partial charge in [-0.1, -0.05) is 6.92 Å². The quantitative estimate of drug-likeness (QED) is 0.862. The Hall–Kier alpha value is -1.36. The Labute approximate surface area is 93.2 Å². The van der Waals surface area contributed by atoms with Gasteiger partial charge < -0.3 is 15.2 Å². The van der Waals surface area contributed by atoms with Crippen molar-refractivity contribution in [3.63, 3.8) is 0 Å². The van der Waals surface area contributed by atoms with E-state index in [2.05, 4.69) is 0 Å². The summed E-state index contributed by atoms with van der Waals surface area (Å²) in [7, 11) is 2.74. The second kappa shape index (κ2) is 5.12. The number of methoxy groups -OCH3 is 2. The van der Waals surface area contributed by atoms with E-state index in [0.717, 1.165) is 6.07 Å². The zero-order valence-electron chi connectivity index (χ0n) is 9.51. The van der Waals surface area contributed by atoms with Crippen LogP contribution in [-0.4, -0.2) is 20.8 Å². The van der Waals surface area contributed by atoms with Crippen LogP contribution in [-0.2, 0) is 0 Å². The molecule has 90 valence electrons. The molecule has 0 saturated carbocycles. The number of benzene rings is 1. The van der Waals surface area contributed by atoms with Gasteiger partial charge in [0, 0.05) is 17.5 Å². The Balaban J connectivity index is 3.46. The zero-order chi connectivity index (χ0) is 12.3. The molecule has 1 aromatic rings. The molecule has 0 radical (unpaired) electrons. The largest absolute Gasteiger partial charge is 0.493 e. The Morgan fingerprint density at radius 2 is 1.94 bits per heavy atom. The van der Waals surface area contributed by atoms with Crippen LogP contribution in [0.25, 0.3) is 0 Å². The van der Waals surface area contributed by atoms with Gasteiger partial charge in [-0.2, -0.15) is 0 Å². The molecular formula is C11H15F2NO2. The molecular weight excluding hydrogens is 216 g/mol. The summed E-state index contributed by atoms with van der Waals surface area (Å²) in [6.07, 6.45) is 0. The van der Waals surface area contributed by atoms with Crippen molar-refractivity contribution in [1.29, 1.82) is 0 Å². The van der Waals surface area contributed by atoms with Crippen molar-refractivity contribution in [1.82, 2.24) is 0 Å². The standard InChI is InChI=1S/C11H15F2NO2/c1-6(5-14)9-10(13)7(12)4-8(15-2)11(9)16-3/h4,6H,5,14H2,1-3H3. The fourth-order valence-corrected chi connectivity index (χ4v) is 1.53. The third kappa shape index (κ3) is 2.09. The first-order chi connectivity index (χ1) is 7.56. The predicted octanol–water partition coefficient (Wildman–Crippen LogP) is 2.04. The van der Waals surface area contributed by atoms with Crippen LogP contribution in [0.4, 0.5) is 8.78 Å². The summed E-state index contributed by atoms with van der Waals surface area (Å²) in [5, 5.41) is 0. The molecule has 16 heavy (non-hydrogen) atoms. The molecule has 0 spiro atoms. The third-order valence-corrected chi connectivity index (χ3v) is 2.44. The van der Waals surface area contributed by atoms with Crippen LogP contribution in [0, 0.1) is 11.6 Å². The molecule has 0 bridgehead atoms. The van der Waals surface area contributed by atoms with E-state index in [-0.39, 0.29) is 29.5 Å². The maximum atomic E-state index is 13.6. The molecule has 0 aromatic heterocycles. The van der Waals surface area contributed by atoms with E-state index in [0.29, 0.717) is 0 Å². The lowest BCUT2D eigenvalue weighted by Crippen LogP contribution is -2.13. The first kappa shape index (κ1) is 12.7. The number of hydrogen-bond acceptors (Lipinski definition) is 3. The summed E-state index contributed by atoms with van der Waals surface area (Å²) >= 11 is 0. The first-order valence-corrected chi connectivity index (χ1v) is 4.86. The Morgan fingerprint density at radius 1 is 1.31 bits per heavy atom. The molecule has 0 aliphatic carbocycles. The van der Waals surface area contributed by atoms with Crippen molar-refractivity contribution in [2.24, 2.45) is 5.73 Å². The Morgan fingerprint density at radius 3 is 2.38 bits per heavy atom.